The third-order valence-corrected chi connectivity index (χ3v) is 5.89. The van der Waals surface area contributed by atoms with Crippen LogP contribution in [0.4, 0.5) is 5.82 Å². The van der Waals surface area contributed by atoms with Gasteiger partial charge in [0.1, 0.15) is 11.6 Å². The van der Waals surface area contributed by atoms with E-state index in [0.717, 1.165) is 22.5 Å². The SMILES string of the molecule is Cc1ccccc1-n1nc2c(c1NC(=O)C(C)Oc1ccccc1)CS(=O)C2. The van der Waals surface area contributed by atoms with Crippen LogP contribution in [-0.2, 0) is 27.1 Å². The predicted octanol–water partition coefficient (Wildman–Crippen LogP) is 3.35. The third-order valence-electron chi connectivity index (χ3n) is 4.68. The molecule has 2 unspecified atom stereocenters. The van der Waals surface area contributed by atoms with E-state index in [2.05, 4.69) is 10.4 Å². The number of aryl methyl sites for hydroxylation is 1. The van der Waals surface area contributed by atoms with Gasteiger partial charge in [-0.1, -0.05) is 36.4 Å². The number of amides is 1. The van der Waals surface area contributed by atoms with Crippen molar-refractivity contribution in [3.63, 3.8) is 0 Å². The Morgan fingerprint density at radius 3 is 2.61 bits per heavy atom. The molecule has 7 heteroatoms. The van der Waals surface area contributed by atoms with Gasteiger partial charge in [0.15, 0.2) is 6.10 Å². The summed E-state index contributed by atoms with van der Waals surface area (Å²) < 4.78 is 19.5. The maximum atomic E-state index is 12.8. The van der Waals surface area contributed by atoms with Crippen molar-refractivity contribution in [2.45, 2.75) is 31.5 Å². The minimum absolute atomic E-state index is 0.279. The van der Waals surface area contributed by atoms with E-state index in [9.17, 15) is 9.00 Å². The summed E-state index contributed by atoms with van der Waals surface area (Å²) in [7, 11) is -0.984. The summed E-state index contributed by atoms with van der Waals surface area (Å²) in [5, 5.41) is 7.60. The van der Waals surface area contributed by atoms with Crippen molar-refractivity contribution in [3.8, 4) is 11.4 Å². The zero-order valence-corrected chi connectivity index (χ0v) is 16.5. The summed E-state index contributed by atoms with van der Waals surface area (Å²) >= 11 is 0. The molecule has 0 bridgehead atoms. The van der Waals surface area contributed by atoms with Crippen molar-refractivity contribution in [1.29, 1.82) is 0 Å². The molecule has 0 saturated carbocycles. The average Bonchev–Trinajstić information content (AvgIpc) is 3.20. The third kappa shape index (κ3) is 3.57. The number of nitrogens with zero attached hydrogens (tertiary/aromatic N) is 2. The highest BCUT2D eigenvalue weighted by molar-refractivity contribution is 7.83. The fourth-order valence-corrected chi connectivity index (χ4v) is 4.47. The number of fused-ring (bicyclic) bond motifs is 1. The van der Waals surface area contributed by atoms with Crippen LogP contribution in [0.15, 0.2) is 54.6 Å². The molecule has 144 valence electrons. The number of hydrogen-bond acceptors (Lipinski definition) is 4. The van der Waals surface area contributed by atoms with E-state index in [1.54, 1.807) is 11.6 Å². The molecule has 2 atom stereocenters. The number of ether oxygens (including phenoxy) is 1. The summed E-state index contributed by atoms with van der Waals surface area (Å²) in [4.78, 5) is 12.8. The monoisotopic (exact) mass is 395 g/mol. The minimum Gasteiger partial charge on any atom is -0.481 e. The zero-order valence-electron chi connectivity index (χ0n) is 15.7. The molecule has 0 spiro atoms. The van der Waals surface area contributed by atoms with Crippen molar-refractivity contribution in [1.82, 2.24) is 9.78 Å². The number of aromatic nitrogens is 2. The van der Waals surface area contributed by atoms with Crippen LogP contribution in [-0.4, -0.2) is 26.0 Å². The minimum atomic E-state index is -0.984. The van der Waals surface area contributed by atoms with Crippen LogP contribution in [0.25, 0.3) is 5.69 Å². The molecule has 0 radical (unpaired) electrons. The second-order valence-electron chi connectivity index (χ2n) is 6.76. The Morgan fingerprint density at radius 2 is 1.86 bits per heavy atom. The second-order valence-corrected chi connectivity index (χ2v) is 8.22. The van der Waals surface area contributed by atoms with E-state index in [1.807, 2.05) is 61.5 Å². The van der Waals surface area contributed by atoms with Gasteiger partial charge in [0.2, 0.25) is 0 Å². The molecule has 4 rings (SSSR count). The van der Waals surface area contributed by atoms with E-state index >= 15 is 0 Å². The number of nitrogens with one attached hydrogen (secondary N) is 1. The fourth-order valence-electron chi connectivity index (χ4n) is 3.21. The number of anilines is 1. The highest BCUT2D eigenvalue weighted by Gasteiger charge is 2.29. The number of benzene rings is 2. The van der Waals surface area contributed by atoms with Crippen molar-refractivity contribution in [2.24, 2.45) is 0 Å². The number of carbonyl (C=O) groups is 1. The lowest BCUT2D eigenvalue weighted by Crippen LogP contribution is -2.31. The first-order valence-electron chi connectivity index (χ1n) is 9.07. The summed E-state index contributed by atoms with van der Waals surface area (Å²) in [6.45, 7) is 3.70. The van der Waals surface area contributed by atoms with Gasteiger partial charge in [-0.15, -0.1) is 0 Å². The van der Waals surface area contributed by atoms with Gasteiger partial charge < -0.3 is 10.1 Å². The second kappa shape index (κ2) is 7.59. The number of hydrogen-bond donors (Lipinski definition) is 1. The molecule has 0 saturated heterocycles. The van der Waals surface area contributed by atoms with Gasteiger partial charge in [-0.2, -0.15) is 5.10 Å². The molecule has 3 aromatic rings. The van der Waals surface area contributed by atoms with Crippen LogP contribution in [0.5, 0.6) is 5.75 Å². The smallest absolute Gasteiger partial charge is 0.266 e. The standard InChI is InChI=1S/C21H21N3O3S/c1-14-8-6-7-11-19(14)24-20(17-12-28(26)13-18(17)23-24)22-21(25)15(2)27-16-9-4-3-5-10-16/h3-11,15H,12-13H2,1-2H3,(H,22,25). The maximum absolute atomic E-state index is 12.8. The molecule has 1 aliphatic rings. The van der Waals surface area contributed by atoms with Gasteiger partial charge in [-0.3, -0.25) is 9.00 Å². The quantitative estimate of drug-likeness (QED) is 0.719. The number of rotatable bonds is 5. The average molecular weight is 395 g/mol. The number of para-hydroxylation sites is 2. The van der Waals surface area contributed by atoms with Crippen LogP contribution in [0.1, 0.15) is 23.7 Å². The Morgan fingerprint density at radius 1 is 1.14 bits per heavy atom. The lowest BCUT2D eigenvalue weighted by atomic mass is 10.2. The molecule has 2 heterocycles. The molecule has 1 aliphatic heterocycles. The molecular formula is C21H21N3O3S. The fraction of sp³-hybridized carbons (Fsp3) is 0.238. The van der Waals surface area contributed by atoms with Gasteiger partial charge in [0, 0.05) is 16.4 Å². The topological polar surface area (TPSA) is 73.2 Å². The maximum Gasteiger partial charge on any atom is 0.266 e. The van der Waals surface area contributed by atoms with Gasteiger partial charge in [0.25, 0.3) is 5.91 Å². The lowest BCUT2D eigenvalue weighted by Gasteiger charge is -2.17. The van der Waals surface area contributed by atoms with E-state index in [4.69, 9.17) is 4.74 Å². The Bertz CT molecular complexity index is 1050. The Balaban J connectivity index is 1.64. The summed E-state index contributed by atoms with van der Waals surface area (Å²) in [5.74, 6) is 1.73. The molecule has 1 aromatic heterocycles. The van der Waals surface area contributed by atoms with E-state index in [0.29, 0.717) is 23.1 Å². The van der Waals surface area contributed by atoms with Crippen molar-refractivity contribution in [2.75, 3.05) is 5.32 Å². The molecule has 28 heavy (non-hydrogen) atoms. The highest BCUT2D eigenvalue weighted by atomic mass is 32.2. The normalized spacial score (nSPS) is 16.4. The van der Waals surface area contributed by atoms with E-state index in [1.165, 1.54) is 0 Å². The first kappa shape index (κ1) is 18.4. The van der Waals surface area contributed by atoms with Crippen LogP contribution < -0.4 is 10.1 Å². The van der Waals surface area contributed by atoms with Gasteiger partial charge in [-0.05, 0) is 37.6 Å². The molecular weight excluding hydrogens is 374 g/mol. The Hall–Kier alpha value is -2.93. The van der Waals surface area contributed by atoms with E-state index < -0.39 is 16.9 Å². The molecule has 1 amide bonds. The Labute approximate surface area is 166 Å². The largest absolute Gasteiger partial charge is 0.481 e. The summed E-state index contributed by atoms with van der Waals surface area (Å²) in [6.07, 6.45) is -0.690. The molecule has 1 N–H and O–H groups in total. The molecule has 6 nitrogen and oxygen atoms in total. The van der Waals surface area contributed by atoms with Crippen LogP contribution in [0.2, 0.25) is 0 Å². The Kier molecular flexibility index (Phi) is 5.00. The lowest BCUT2D eigenvalue weighted by molar-refractivity contribution is -0.122. The van der Waals surface area contributed by atoms with Crippen molar-refractivity contribution < 1.29 is 13.7 Å². The first-order valence-corrected chi connectivity index (χ1v) is 10.6. The summed E-state index contributed by atoms with van der Waals surface area (Å²) in [6, 6.07) is 17.1. The van der Waals surface area contributed by atoms with Crippen LogP contribution >= 0.6 is 0 Å². The van der Waals surface area contributed by atoms with Gasteiger partial charge in [-0.25, -0.2) is 4.68 Å². The first-order chi connectivity index (χ1) is 13.5. The van der Waals surface area contributed by atoms with Gasteiger partial charge >= 0.3 is 0 Å². The van der Waals surface area contributed by atoms with Crippen LogP contribution in [0.3, 0.4) is 0 Å². The highest BCUT2D eigenvalue weighted by Crippen LogP contribution is 2.32. The number of carbonyl (C=O) groups excluding carboxylic acids is 1. The van der Waals surface area contributed by atoms with Crippen LogP contribution in [0, 0.1) is 6.92 Å². The van der Waals surface area contributed by atoms with E-state index in [-0.39, 0.29) is 5.91 Å². The van der Waals surface area contributed by atoms with Crippen molar-refractivity contribution >= 4 is 22.5 Å². The van der Waals surface area contributed by atoms with Crippen molar-refractivity contribution in [3.05, 3.63) is 71.4 Å². The zero-order chi connectivity index (χ0) is 19.7. The molecule has 0 aliphatic carbocycles. The predicted molar refractivity (Wildman–Crippen MR) is 109 cm³/mol. The summed E-state index contributed by atoms with van der Waals surface area (Å²) in [5.41, 5.74) is 3.53. The van der Waals surface area contributed by atoms with Gasteiger partial charge in [0.05, 0.1) is 22.9 Å². The molecule has 0 fully saturated rings. The molecule has 2 aromatic carbocycles.